The van der Waals surface area contributed by atoms with Gasteiger partial charge in [-0.05, 0) is 29.8 Å². The Labute approximate surface area is 118 Å². The molecule has 1 aromatic heterocycles. The third-order valence-corrected chi connectivity index (χ3v) is 2.73. The summed E-state index contributed by atoms with van der Waals surface area (Å²) in [7, 11) is 0. The number of nitrogens with zero attached hydrogens (tertiary/aromatic N) is 1. The minimum Gasteiger partial charge on any atom is -0.457 e. The first-order chi connectivity index (χ1) is 9.85. The first-order valence-corrected chi connectivity index (χ1v) is 6.66. The minimum atomic E-state index is 0.0420. The van der Waals surface area contributed by atoms with Gasteiger partial charge in [-0.15, -0.1) is 0 Å². The minimum absolute atomic E-state index is 0.0420. The summed E-state index contributed by atoms with van der Waals surface area (Å²) in [6.07, 6.45) is 1.66. The van der Waals surface area contributed by atoms with Gasteiger partial charge in [0.25, 0.3) is 0 Å². The van der Waals surface area contributed by atoms with Crippen LogP contribution in [0, 0.1) is 0 Å². The lowest BCUT2D eigenvalue weighted by molar-refractivity contribution is 0.281. The van der Waals surface area contributed by atoms with Crippen LogP contribution >= 0.6 is 0 Å². The Morgan fingerprint density at radius 1 is 1.05 bits per heavy atom. The lowest BCUT2D eigenvalue weighted by atomic mass is 10.2. The van der Waals surface area contributed by atoms with Crippen molar-refractivity contribution in [2.45, 2.75) is 20.5 Å². The molecule has 0 atom stereocenters. The molecule has 0 spiro atoms. The van der Waals surface area contributed by atoms with Crippen LogP contribution in [0.15, 0.2) is 48.8 Å². The molecule has 0 bridgehead atoms. The third kappa shape index (κ3) is 3.16. The maximum absolute atomic E-state index is 8.96. The molecular weight excluding hydrogens is 252 g/mol. The van der Waals surface area contributed by atoms with Crippen molar-refractivity contribution in [3.05, 3.63) is 54.4 Å². The van der Waals surface area contributed by atoms with Gasteiger partial charge in [0.15, 0.2) is 0 Å². The quantitative estimate of drug-likeness (QED) is 0.759. The Kier molecular flexibility index (Phi) is 4.74. The molecule has 0 saturated carbocycles. The van der Waals surface area contributed by atoms with Crippen LogP contribution in [0.25, 0.3) is 11.0 Å². The number of aromatic amines is 1. The number of hydrogen-bond donors (Lipinski definition) is 2. The van der Waals surface area contributed by atoms with Gasteiger partial charge in [0.2, 0.25) is 0 Å². The lowest BCUT2D eigenvalue weighted by Crippen LogP contribution is -1.86. The van der Waals surface area contributed by atoms with Crippen molar-refractivity contribution in [3.63, 3.8) is 0 Å². The molecule has 0 saturated heterocycles. The van der Waals surface area contributed by atoms with E-state index in [-0.39, 0.29) is 6.61 Å². The van der Waals surface area contributed by atoms with E-state index >= 15 is 0 Å². The molecule has 0 aliphatic carbocycles. The molecule has 4 heteroatoms. The highest BCUT2D eigenvalue weighted by molar-refractivity contribution is 5.76. The van der Waals surface area contributed by atoms with E-state index in [1.165, 1.54) is 0 Å². The number of aromatic nitrogens is 2. The summed E-state index contributed by atoms with van der Waals surface area (Å²) < 4.78 is 5.73. The van der Waals surface area contributed by atoms with Crippen molar-refractivity contribution in [3.8, 4) is 11.5 Å². The lowest BCUT2D eigenvalue weighted by Gasteiger charge is -2.06. The van der Waals surface area contributed by atoms with Gasteiger partial charge in [-0.25, -0.2) is 4.98 Å². The standard InChI is InChI=1S/C14H12N2O2.C2H6/c17-8-10-1-3-11(4-2-10)18-12-5-6-13-14(7-12)16-9-15-13;1-2/h1-7,9,17H,8H2,(H,15,16);1-2H3. The first kappa shape index (κ1) is 14.1. The Morgan fingerprint density at radius 3 is 2.45 bits per heavy atom. The summed E-state index contributed by atoms with van der Waals surface area (Å²) in [6.45, 7) is 4.04. The zero-order valence-corrected chi connectivity index (χ0v) is 11.6. The molecule has 0 aliphatic heterocycles. The monoisotopic (exact) mass is 270 g/mol. The zero-order chi connectivity index (χ0) is 14.4. The number of fused-ring (bicyclic) bond motifs is 1. The molecule has 104 valence electrons. The maximum atomic E-state index is 8.96. The third-order valence-electron chi connectivity index (χ3n) is 2.73. The SMILES string of the molecule is CC.OCc1ccc(Oc2ccc3nc[nH]c3c2)cc1. The summed E-state index contributed by atoms with van der Waals surface area (Å²) in [5.74, 6) is 1.49. The largest absolute Gasteiger partial charge is 0.457 e. The van der Waals surface area contributed by atoms with Crippen molar-refractivity contribution < 1.29 is 9.84 Å². The Bertz CT molecular complexity index is 660. The smallest absolute Gasteiger partial charge is 0.129 e. The molecule has 2 aromatic carbocycles. The highest BCUT2D eigenvalue weighted by atomic mass is 16.5. The van der Waals surface area contributed by atoms with Crippen LogP contribution in [0.1, 0.15) is 19.4 Å². The van der Waals surface area contributed by atoms with Gasteiger partial charge in [0, 0.05) is 6.07 Å². The van der Waals surface area contributed by atoms with Crippen LogP contribution in [0.5, 0.6) is 11.5 Å². The van der Waals surface area contributed by atoms with E-state index in [2.05, 4.69) is 9.97 Å². The summed E-state index contributed by atoms with van der Waals surface area (Å²) in [5, 5.41) is 8.96. The highest BCUT2D eigenvalue weighted by Gasteiger charge is 2.01. The fraction of sp³-hybridized carbons (Fsp3) is 0.188. The molecule has 0 unspecified atom stereocenters. The summed E-state index contributed by atoms with van der Waals surface area (Å²) in [5.41, 5.74) is 2.73. The summed E-state index contributed by atoms with van der Waals surface area (Å²) in [6, 6.07) is 13.0. The molecule has 0 aliphatic rings. The highest BCUT2D eigenvalue weighted by Crippen LogP contribution is 2.24. The van der Waals surface area contributed by atoms with E-state index in [1.807, 2.05) is 56.3 Å². The molecular formula is C16H18N2O2. The van der Waals surface area contributed by atoms with Gasteiger partial charge in [-0.3, -0.25) is 0 Å². The number of aliphatic hydroxyl groups excluding tert-OH is 1. The number of imidazole rings is 1. The van der Waals surface area contributed by atoms with E-state index in [0.29, 0.717) is 0 Å². The van der Waals surface area contributed by atoms with Gasteiger partial charge in [-0.2, -0.15) is 0 Å². The van der Waals surface area contributed by atoms with E-state index in [0.717, 1.165) is 28.1 Å². The second-order valence-electron chi connectivity index (χ2n) is 3.99. The number of H-pyrrole nitrogens is 1. The molecule has 3 rings (SSSR count). The summed E-state index contributed by atoms with van der Waals surface area (Å²) in [4.78, 5) is 7.19. The predicted molar refractivity (Wildman–Crippen MR) is 79.9 cm³/mol. The van der Waals surface area contributed by atoms with Crippen molar-refractivity contribution in [2.24, 2.45) is 0 Å². The van der Waals surface area contributed by atoms with Crippen molar-refractivity contribution in [1.82, 2.24) is 9.97 Å². The fourth-order valence-corrected chi connectivity index (χ4v) is 1.78. The Balaban J connectivity index is 0.000000704. The van der Waals surface area contributed by atoms with Gasteiger partial charge in [0.05, 0.1) is 24.0 Å². The normalized spacial score (nSPS) is 9.95. The predicted octanol–water partition coefficient (Wildman–Crippen LogP) is 3.87. The van der Waals surface area contributed by atoms with Crippen molar-refractivity contribution in [2.75, 3.05) is 0 Å². The van der Waals surface area contributed by atoms with E-state index in [9.17, 15) is 0 Å². The molecule has 3 aromatic rings. The number of ether oxygens (including phenoxy) is 1. The van der Waals surface area contributed by atoms with Crippen molar-refractivity contribution >= 4 is 11.0 Å². The van der Waals surface area contributed by atoms with Gasteiger partial charge in [-0.1, -0.05) is 26.0 Å². The number of rotatable bonds is 3. The van der Waals surface area contributed by atoms with Crippen LogP contribution in [0.3, 0.4) is 0 Å². The first-order valence-electron chi connectivity index (χ1n) is 6.66. The van der Waals surface area contributed by atoms with Gasteiger partial charge < -0.3 is 14.8 Å². The summed E-state index contributed by atoms with van der Waals surface area (Å²) >= 11 is 0. The average Bonchev–Trinajstić information content (AvgIpc) is 2.98. The van der Waals surface area contributed by atoms with Crippen molar-refractivity contribution in [1.29, 1.82) is 0 Å². The zero-order valence-electron chi connectivity index (χ0n) is 11.6. The fourth-order valence-electron chi connectivity index (χ4n) is 1.78. The maximum Gasteiger partial charge on any atom is 0.129 e. The second kappa shape index (κ2) is 6.73. The van der Waals surface area contributed by atoms with Crippen LogP contribution < -0.4 is 4.74 Å². The number of aliphatic hydroxyl groups is 1. The van der Waals surface area contributed by atoms with E-state index in [1.54, 1.807) is 6.33 Å². The van der Waals surface area contributed by atoms with Gasteiger partial charge >= 0.3 is 0 Å². The van der Waals surface area contributed by atoms with E-state index in [4.69, 9.17) is 9.84 Å². The second-order valence-corrected chi connectivity index (χ2v) is 3.99. The molecule has 20 heavy (non-hydrogen) atoms. The van der Waals surface area contributed by atoms with Crippen LogP contribution in [-0.2, 0) is 6.61 Å². The Hall–Kier alpha value is -2.33. The molecule has 0 amide bonds. The molecule has 0 radical (unpaired) electrons. The van der Waals surface area contributed by atoms with E-state index < -0.39 is 0 Å². The molecule has 4 nitrogen and oxygen atoms in total. The number of nitrogens with one attached hydrogen (secondary N) is 1. The van der Waals surface area contributed by atoms with Gasteiger partial charge in [0.1, 0.15) is 11.5 Å². The molecule has 2 N–H and O–H groups in total. The molecule has 1 heterocycles. The average molecular weight is 270 g/mol. The Morgan fingerprint density at radius 2 is 1.75 bits per heavy atom. The van der Waals surface area contributed by atoms with Crippen LogP contribution in [0.2, 0.25) is 0 Å². The number of hydrogen-bond acceptors (Lipinski definition) is 3. The van der Waals surface area contributed by atoms with Crippen LogP contribution in [-0.4, -0.2) is 15.1 Å². The number of benzene rings is 2. The van der Waals surface area contributed by atoms with Crippen LogP contribution in [0.4, 0.5) is 0 Å². The molecule has 0 fully saturated rings. The topological polar surface area (TPSA) is 58.1 Å².